The first-order valence-corrected chi connectivity index (χ1v) is 12.3. The minimum atomic E-state index is -3.56. The van der Waals surface area contributed by atoms with Crippen LogP contribution in [-0.2, 0) is 14.8 Å². The predicted octanol–water partition coefficient (Wildman–Crippen LogP) is 3.03. The average molecular weight is 489 g/mol. The molecular formula is C21H20N4O6S2. The molecule has 0 saturated carbocycles. The first-order valence-electron chi connectivity index (χ1n) is 10.00. The molecule has 12 heteroatoms. The highest BCUT2D eigenvalue weighted by atomic mass is 32.2. The topological polar surface area (TPSA) is 132 Å². The summed E-state index contributed by atoms with van der Waals surface area (Å²) >= 11 is 1.32. The Morgan fingerprint density at radius 3 is 2.42 bits per heavy atom. The number of carbonyl (C=O) groups excluding carboxylic acids is 1. The molecule has 33 heavy (non-hydrogen) atoms. The van der Waals surface area contributed by atoms with E-state index in [0.717, 1.165) is 5.56 Å². The van der Waals surface area contributed by atoms with Crippen molar-refractivity contribution in [1.82, 2.24) is 9.29 Å². The molecule has 2 aromatic carbocycles. The van der Waals surface area contributed by atoms with Gasteiger partial charge < -0.3 is 10.1 Å². The number of non-ortho nitro benzene ring substituents is 1. The van der Waals surface area contributed by atoms with Crippen molar-refractivity contribution in [3.63, 3.8) is 0 Å². The second kappa shape index (κ2) is 9.75. The zero-order chi connectivity index (χ0) is 23.4. The fourth-order valence-electron chi connectivity index (χ4n) is 3.25. The molecular weight excluding hydrogens is 468 g/mol. The van der Waals surface area contributed by atoms with Crippen molar-refractivity contribution in [2.75, 3.05) is 38.2 Å². The van der Waals surface area contributed by atoms with Crippen LogP contribution >= 0.6 is 11.3 Å². The number of nitrogens with zero attached hydrogens (tertiary/aromatic N) is 3. The quantitative estimate of drug-likeness (QED) is 0.291. The summed E-state index contributed by atoms with van der Waals surface area (Å²) in [6.07, 6.45) is 0. The summed E-state index contributed by atoms with van der Waals surface area (Å²) in [6.45, 7) is 1.44. The molecule has 1 aliphatic heterocycles. The molecule has 1 saturated heterocycles. The molecule has 0 radical (unpaired) electrons. The average Bonchev–Trinajstić information content (AvgIpc) is 3.32. The summed E-state index contributed by atoms with van der Waals surface area (Å²) in [4.78, 5) is 27.2. The molecule has 3 aromatic rings. The number of ketones is 1. The fourth-order valence-corrected chi connectivity index (χ4v) is 5.37. The largest absolute Gasteiger partial charge is 0.379 e. The van der Waals surface area contributed by atoms with Crippen molar-refractivity contribution in [2.45, 2.75) is 4.90 Å². The lowest BCUT2D eigenvalue weighted by molar-refractivity contribution is -0.384. The van der Waals surface area contributed by atoms with E-state index in [1.54, 1.807) is 24.3 Å². The van der Waals surface area contributed by atoms with E-state index >= 15 is 0 Å². The van der Waals surface area contributed by atoms with Gasteiger partial charge in [0.1, 0.15) is 0 Å². The van der Waals surface area contributed by atoms with Crippen molar-refractivity contribution < 1.29 is 22.9 Å². The van der Waals surface area contributed by atoms with Crippen molar-refractivity contribution in [1.29, 1.82) is 0 Å². The lowest BCUT2D eigenvalue weighted by Gasteiger charge is -2.26. The molecule has 1 N–H and O–H groups in total. The second-order valence-corrected chi connectivity index (χ2v) is 9.96. The number of morpholine rings is 1. The van der Waals surface area contributed by atoms with E-state index in [0.29, 0.717) is 42.7 Å². The molecule has 2 heterocycles. The van der Waals surface area contributed by atoms with Crippen LogP contribution in [0.3, 0.4) is 0 Å². The Kier molecular flexibility index (Phi) is 6.79. The van der Waals surface area contributed by atoms with E-state index in [1.807, 2.05) is 5.38 Å². The zero-order valence-electron chi connectivity index (χ0n) is 17.3. The third kappa shape index (κ3) is 5.25. The third-order valence-corrected chi connectivity index (χ3v) is 7.78. The first kappa shape index (κ1) is 23.0. The monoisotopic (exact) mass is 488 g/mol. The molecule has 1 aromatic heterocycles. The maximum Gasteiger partial charge on any atom is 0.269 e. The molecule has 0 bridgehead atoms. The van der Waals surface area contributed by atoms with Gasteiger partial charge in [0.2, 0.25) is 10.0 Å². The summed E-state index contributed by atoms with van der Waals surface area (Å²) in [5.41, 5.74) is 1.69. The van der Waals surface area contributed by atoms with Gasteiger partial charge in [0, 0.05) is 41.7 Å². The minimum absolute atomic E-state index is 0.0124. The number of anilines is 1. The number of carbonyl (C=O) groups is 1. The normalized spacial score (nSPS) is 14.7. The number of aromatic nitrogens is 1. The highest BCUT2D eigenvalue weighted by Crippen LogP contribution is 2.27. The smallest absolute Gasteiger partial charge is 0.269 e. The SMILES string of the molecule is O=C(CNc1nc(-c2ccc(S(=O)(=O)N3CCOCC3)cc2)cs1)c1ccc([N+](=O)[O-])cc1. The van der Waals surface area contributed by atoms with Crippen molar-refractivity contribution in [2.24, 2.45) is 0 Å². The summed E-state index contributed by atoms with van der Waals surface area (Å²) in [7, 11) is -3.56. The number of benzene rings is 2. The Morgan fingerprint density at radius 2 is 1.79 bits per heavy atom. The van der Waals surface area contributed by atoms with Gasteiger partial charge in [-0.1, -0.05) is 12.1 Å². The Balaban J connectivity index is 1.39. The van der Waals surface area contributed by atoms with Gasteiger partial charge in [0.15, 0.2) is 10.9 Å². The van der Waals surface area contributed by atoms with Gasteiger partial charge in [0.05, 0.1) is 35.3 Å². The maximum atomic E-state index is 12.7. The minimum Gasteiger partial charge on any atom is -0.379 e. The van der Waals surface area contributed by atoms with E-state index < -0.39 is 14.9 Å². The fraction of sp³-hybridized carbons (Fsp3) is 0.238. The molecule has 0 aliphatic carbocycles. The number of nitrogens with one attached hydrogen (secondary N) is 1. The van der Waals surface area contributed by atoms with Crippen LogP contribution in [0.25, 0.3) is 11.3 Å². The summed E-state index contributed by atoms with van der Waals surface area (Å²) in [5, 5.41) is 16.0. The highest BCUT2D eigenvalue weighted by Gasteiger charge is 2.26. The molecule has 172 valence electrons. The van der Waals surface area contributed by atoms with Crippen LogP contribution < -0.4 is 5.32 Å². The van der Waals surface area contributed by atoms with E-state index in [4.69, 9.17) is 4.74 Å². The van der Waals surface area contributed by atoms with Gasteiger partial charge in [-0.25, -0.2) is 13.4 Å². The molecule has 0 amide bonds. The number of nitro benzene ring substituents is 1. The molecule has 1 aliphatic rings. The Hall–Kier alpha value is -3.19. The first-order chi connectivity index (χ1) is 15.8. The molecule has 0 unspecified atom stereocenters. The van der Waals surface area contributed by atoms with Gasteiger partial charge in [-0.2, -0.15) is 4.31 Å². The van der Waals surface area contributed by atoms with Crippen LogP contribution in [0, 0.1) is 10.1 Å². The number of nitro groups is 1. The molecule has 4 rings (SSSR count). The maximum absolute atomic E-state index is 12.7. The molecule has 0 spiro atoms. The Morgan fingerprint density at radius 1 is 1.12 bits per heavy atom. The van der Waals surface area contributed by atoms with Gasteiger partial charge in [-0.15, -0.1) is 11.3 Å². The number of hydrogen-bond donors (Lipinski definition) is 1. The lowest BCUT2D eigenvalue weighted by atomic mass is 10.1. The van der Waals surface area contributed by atoms with Crippen LogP contribution in [0.5, 0.6) is 0 Å². The van der Waals surface area contributed by atoms with Crippen molar-refractivity contribution >= 4 is 38.0 Å². The van der Waals surface area contributed by atoms with E-state index in [1.165, 1.54) is 39.9 Å². The number of hydrogen-bond acceptors (Lipinski definition) is 9. The van der Waals surface area contributed by atoms with E-state index in [9.17, 15) is 23.3 Å². The Bertz CT molecular complexity index is 1250. The number of rotatable bonds is 8. The van der Waals surface area contributed by atoms with Gasteiger partial charge in [-0.05, 0) is 24.3 Å². The van der Waals surface area contributed by atoms with Gasteiger partial charge in [0.25, 0.3) is 5.69 Å². The summed E-state index contributed by atoms with van der Waals surface area (Å²) in [6, 6.07) is 11.9. The number of thiazole rings is 1. The van der Waals surface area contributed by atoms with Crippen LogP contribution in [0.2, 0.25) is 0 Å². The van der Waals surface area contributed by atoms with Crippen LogP contribution in [0.4, 0.5) is 10.8 Å². The molecule has 10 nitrogen and oxygen atoms in total. The molecule has 1 fully saturated rings. The van der Waals surface area contributed by atoms with E-state index in [2.05, 4.69) is 10.3 Å². The van der Waals surface area contributed by atoms with E-state index in [-0.39, 0.29) is 22.9 Å². The highest BCUT2D eigenvalue weighted by molar-refractivity contribution is 7.89. The van der Waals surface area contributed by atoms with Gasteiger partial charge in [-0.3, -0.25) is 14.9 Å². The van der Waals surface area contributed by atoms with Gasteiger partial charge >= 0.3 is 0 Å². The number of Topliss-reactive ketones (excluding diaryl/α,β-unsaturated/α-hetero) is 1. The van der Waals surface area contributed by atoms with Crippen LogP contribution in [-0.4, -0.2) is 61.3 Å². The summed E-state index contributed by atoms with van der Waals surface area (Å²) in [5.74, 6) is -0.223. The molecule has 0 atom stereocenters. The van der Waals surface area contributed by atoms with Crippen molar-refractivity contribution in [3.05, 3.63) is 69.6 Å². The summed E-state index contributed by atoms with van der Waals surface area (Å²) < 4.78 is 32.1. The van der Waals surface area contributed by atoms with Crippen LogP contribution in [0.15, 0.2) is 58.8 Å². The Labute approximate surface area is 194 Å². The predicted molar refractivity (Wildman–Crippen MR) is 123 cm³/mol. The standard InChI is InChI=1S/C21H20N4O6S2/c26-20(16-1-5-17(6-2-16)25(27)28)13-22-21-23-19(14-32-21)15-3-7-18(8-4-15)33(29,30)24-9-11-31-12-10-24/h1-8,14H,9-13H2,(H,22,23). The van der Waals surface area contributed by atoms with Crippen LogP contribution in [0.1, 0.15) is 10.4 Å². The number of ether oxygens (including phenoxy) is 1. The van der Waals surface area contributed by atoms with Crippen molar-refractivity contribution in [3.8, 4) is 11.3 Å². The second-order valence-electron chi connectivity index (χ2n) is 7.16. The third-order valence-electron chi connectivity index (χ3n) is 5.06. The number of sulfonamides is 1. The lowest BCUT2D eigenvalue weighted by Crippen LogP contribution is -2.40. The zero-order valence-corrected chi connectivity index (χ0v) is 19.0.